The molecule has 3 amide bonds. The van der Waals surface area contributed by atoms with Crippen molar-refractivity contribution >= 4 is 50.6 Å². The van der Waals surface area contributed by atoms with Crippen molar-refractivity contribution in [3.05, 3.63) is 71.2 Å². The van der Waals surface area contributed by atoms with E-state index in [1.165, 1.54) is 0 Å². The minimum atomic E-state index is -1.15. The monoisotopic (exact) mass is 491 g/mol. The van der Waals surface area contributed by atoms with E-state index < -0.39 is 29.6 Å². The first-order valence-electron chi connectivity index (χ1n) is 11.4. The van der Waals surface area contributed by atoms with Crippen LogP contribution in [-0.4, -0.2) is 41.0 Å². The Labute approximate surface area is 207 Å². The van der Waals surface area contributed by atoms with Gasteiger partial charge in [-0.25, -0.2) is 0 Å². The summed E-state index contributed by atoms with van der Waals surface area (Å²) in [6.07, 6.45) is 2.42. The number of nitrogens with one attached hydrogen (secondary N) is 4. The fourth-order valence-corrected chi connectivity index (χ4v) is 4.97. The molecule has 2 aromatic carbocycles. The molecule has 0 bridgehead atoms. The van der Waals surface area contributed by atoms with Gasteiger partial charge < -0.3 is 26.7 Å². The van der Waals surface area contributed by atoms with Gasteiger partial charge in [0.05, 0.1) is 5.54 Å². The van der Waals surface area contributed by atoms with Gasteiger partial charge in [0.15, 0.2) is 0 Å². The van der Waals surface area contributed by atoms with Crippen molar-refractivity contribution in [2.24, 2.45) is 5.73 Å². The smallest absolute Gasteiger partial charge is 0.244 e. The molecule has 2 aromatic heterocycles. The van der Waals surface area contributed by atoms with Crippen molar-refractivity contribution in [2.75, 3.05) is 0 Å². The van der Waals surface area contributed by atoms with Crippen LogP contribution in [0.3, 0.4) is 0 Å². The minimum Gasteiger partial charge on any atom is -0.361 e. The minimum absolute atomic E-state index is 0.290. The Balaban J connectivity index is 1.56. The van der Waals surface area contributed by atoms with Crippen molar-refractivity contribution in [1.29, 1.82) is 0 Å². The number of nitrogens with two attached hydrogens (primary N) is 1. The molecule has 0 saturated carbocycles. The second kappa shape index (κ2) is 10.3. The topological polar surface area (TPSA) is 129 Å². The van der Waals surface area contributed by atoms with E-state index in [0.29, 0.717) is 19.3 Å². The maximum atomic E-state index is 13.4. The van der Waals surface area contributed by atoms with Gasteiger partial charge in [-0.2, -0.15) is 0 Å². The van der Waals surface area contributed by atoms with E-state index in [9.17, 15) is 14.4 Å². The van der Waals surface area contributed by atoms with Crippen LogP contribution >= 0.6 is 11.3 Å². The number of aromatic amines is 1. The zero-order valence-corrected chi connectivity index (χ0v) is 20.4. The van der Waals surface area contributed by atoms with E-state index in [-0.39, 0.29) is 0 Å². The molecule has 4 aromatic rings. The van der Waals surface area contributed by atoms with Crippen molar-refractivity contribution in [1.82, 2.24) is 20.9 Å². The molecule has 0 aliphatic carbocycles. The van der Waals surface area contributed by atoms with E-state index in [4.69, 9.17) is 5.73 Å². The van der Waals surface area contributed by atoms with E-state index in [1.807, 2.05) is 60.1 Å². The largest absolute Gasteiger partial charge is 0.361 e. The summed E-state index contributed by atoms with van der Waals surface area (Å²) in [6.45, 7) is 3.18. The molecule has 0 unspecified atom stereocenters. The molecule has 0 aliphatic heterocycles. The van der Waals surface area contributed by atoms with Crippen LogP contribution in [0.2, 0.25) is 0 Å². The number of hydrogen-bond acceptors (Lipinski definition) is 5. The number of para-hydroxylation sites is 1. The summed E-state index contributed by atoms with van der Waals surface area (Å²) in [5, 5.41) is 12.4. The lowest BCUT2D eigenvalue weighted by atomic mass is 10.0. The van der Waals surface area contributed by atoms with Gasteiger partial charge in [0.1, 0.15) is 12.2 Å². The molecule has 0 fully saturated rings. The number of fused-ring (bicyclic) bond motifs is 2. The summed E-state index contributed by atoms with van der Waals surface area (Å²) in [5.41, 5.74) is 7.70. The highest BCUT2D eigenvalue weighted by Crippen LogP contribution is 2.27. The maximum Gasteiger partial charge on any atom is 0.244 e. The van der Waals surface area contributed by atoms with Crippen LogP contribution in [0.1, 0.15) is 25.0 Å². The van der Waals surface area contributed by atoms with E-state index in [1.54, 1.807) is 25.2 Å². The predicted octanol–water partition coefficient (Wildman–Crippen LogP) is 2.58. The number of benzene rings is 2. The summed E-state index contributed by atoms with van der Waals surface area (Å²) in [6, 6.07) is 14.9. The second-order valence-electron chi connectivity index (χ2n) is 9.12. The number of carbonyl (C=O) groups excluding carboxylic acids is 3. The van der Waals surface area contributed by atoms with E-state index >= 15 is 0 Å². The Morgan fingerprint density at radius 1 is 1.03 bits per heavy atom. The van der Waals surface area contributed by atoms with Crippen molar-refractivity contribution in [2.45, 2.75) is 44.4 Å². The Bertz CT molecular complexity index is 1350. The summed E-state index contributed by atoms with van der Waals surface area (Å²) in [4.78, 5) is 40.6. The first-order chi connectivity index (χ1) is 16.8. The van der Waals surface area contributed by atoms with Gasteiger partial charge in [0.2, 0.25) is 18.2 Å². The Kier molecular flexibility index (Phi) is 7.18. The van der Waals surface area contributed by atoms with Crippen LogP contribution < -0.4 is 21.7 Å². The van der Waals surface area contributed by atoms with Crippen LogP contribution in [0.4, 0.5) is 0 Å². The van der Waals surface area contributed by atoms with Crippen molar-refractivity contribution in [3.8, 4) is 0 Å². The van der Waals surface area contributed by atoms with Gasteiger partial charge >= 0.3 is 0 Å². The third-order valence-electron chi connectivity index (χ3n) is 5.88. The van der Waals surface area contributed by atoms with Crippen LogP contribution in [0.5, 0.6) is 0 Å². The van der Waals surface area contributed by atoms with Gasteiger partial charge in [-0.1, -0.05) is 36.4 Å². The summed E-state index contributed by atoms with van der Waals surface area (Å²) < 4.78 is 1.10. The van der Waals surface area contributed by atoms with Crippen LogP contribution in [0.15, 0.2) is 60.1 Å². The number of thiophene rings is 1. The highest BCUT2D eigenvalue weighted by atomic mass is 32.1. The zero-order valence-electron chi connectivity index (χ0n) is 19.6. The Morgan fingerprint density at radius 2 is 1.74 bits per heavy atom. The van der Waals surface area contributed by atoms with Crippen molar-refractivity contribution in [3.63, 3.8) is 0 Å². The molecule has 182 valence electrons. The Hall–Kier alpha value is -3.69. The SMILES string of the molecule is CC(C)(N)C(=O)N[C@H](Cc1csc2ccccc12)C(=O)N[C@H](Cc1c[nH]c2ccccc12)NC=O. The zero-order chi connectivity index (χ0) is 25.0. The molecule has 4 rings (SSSR count). The highest BCUT2D eigenvalue weighted by Gasteiger charge is 2.30. The van der Waals surface area contributed by atoms with Gasteiger partial charge in [-0.05, 0) is 47.9 Å². The van der Waals surface area contributed by atoms with Gasteiger partial charge in [0, 0.05) is 34.6 Å². The average Bonchev–Trinajstić information content (AvgIpc) is 3.42. The molecule has 0 saturated heterocycles. The van der Waals surface area contributed by atoms with E-state index in [0.717, 1.165) is 32.1 Å². The fourth-order valence-electron chi connectivity index (χ4n) is 3.99. The molecule has 0 radical (unpaired) electrons. The van der Waals surface area contributed by atoms with Crippen LogP contribution in [0.25, 0.3) is 21.0 Å². The number of aromatic nitrogens is 1. The normalized spacial score (nSPS) is 13.3. The fraction of sp³-hybridized carbons (Fsp3) is 0.269. The molecule has 6 N–H and O–H groups in total. The van der Waals surface area contributed by atoms with Gasteiger partial charge in [-0.15, -0.1) is 11.3 Å². The number of rotatable bonds is 10. The van der Waals surface area contributed by atoms with Crippen LogP contribution in [0, 0.1) is 0 Å². The summed E-state index contributed by atoms with van der Waals surface area (Å²) >= 11 is 1.59. The standard InChI is InChI=1S/C26H29N5O3S/c1-26(2,27)25(34)30-21(11-17-14-35-22-10-6-4-8-19(17)22)24(33)31-23(29-15-32)12-16-13-28-20-9-5-3-7-18(16)20/h3-10,13-15,21,23,28H,11-12,27H2,1-2H3,(H,29,32)(H,30,34)(H,31,33)/t21-,23-/m1/s1. The summed E-state index contributed by atoms with van der Waals surface area (Å²) in [5.74, 6) is -0.842. The first-order valence-corrected chi connectivity index (χ1v) is 12.2. The number of carbonyl (C=O) groups is 3. The molecule has 8 nitrogen and oxygen atoms in total. The molecule has 0 spiro atoms. The number of H-pyrrole nitrogens is 1. The lowest BCUT2D eigenvalue weighted by Gasteiger charge is -2.26. The molecule has 2 heterocycles. The van der Waals surface area contributed by atoms with E-state index in [2.05, 4.69) is 20.9 Å². The average molecular weight is 492 g/mol. The quantitative estimate of drug-likeness (QED) is 0.172. The van der Waals surface area contributed by atoms with Crippen molar-refractivity contribution < 1.29 is 14.4 Å². The molecule has 2 atom stereocenters. The predicted molar refractivity (Wildman–Crippen MR) is 139 cm³/mol. The molecule has 9 heteroatoms. The summed E-state index contributed by atoms with van der Waals surface area (Å²) in [7, 11) is 0. The number of hydrogen-bond donors (Lipinski definition) is 5. The molecular formula is C26H29N5O3S. The Morgan fingerprint density at radius 3 is 2.49 bits per heavy atom. The second-order valence-corrected chi connectivity index (χ2v) is 10.0. The van der Waals surface area contributed by atoms with Gasteiger partial charge in [-0.3, -0.25) is 14.4 Å². The molecule has 0 aliphatic rings. The number of amides is 3. The maximum absolute atomic E-state index is 13.4. The molecule has 35 heavy (non-hydrogen) atoms. The lowest BCUT2D eigenvalue weighted by molar-refractivity contribution is -0.131. The molecular weight excluding hydrogens is 462 g/mol. The third kappa shape index (κ3) is 5.70. The third-order valence-corrected chi connectivity index (χ3v) is 6.89. The van der Waals surface area contributed by atoms with Gasteiger partial charge in [0.25, 0.3) is 0 Å². The highest BCUT2D eigenvalue weighted by molar-refractivity contribution is 7.17. The van der Waals surface area contributed by atoms with Crippen LogP contribution in [-0.2, 0) is 27.2 Å². The lowest BCUT2D eigenvalue weighted by Crippen LogP contribution is -2.59. The first kappa shape index (κ1) is 24.4.